The van der Waals surface area contributed by atoms with Crippen LogP contribution in [0.3, 0.4) is 0 Å². The van der Waals surface area contributed by atoms with Gasteiger partial charge in [-0.2, -0.15) is 0 Å². The number of carboxylic acid groups (broad SMARTS) is 1. The Hall–Kier alpha value is -1.40. The molecule has 1 saturated heterocycles. The first-order valence-electron chi connectivity index (χ1n) is 5.15. The molecule has 1 N–H and O–H groups in total. The molecule has 1 aliphatic heterocycles. The van der Waals surface area contributed by atoms with Gasteiger partial charge in [0.15, 0.2) is 6.04 Å². The summed E-state index contributed by atoms with van der Waals surface area (Å²) in [6.45, 7) is 4.41. The molecule has 0 bridgehead atoms. The molecular weight excluding hydrogens is 236 g/mol. The van der Waals surface area contributed by atoms with E-state index in [0.717, 1.165) is 0 Å². The number of likely N-dealkylation sites (tertiary alicyclic amines) is 1. The Kier molecular flexibility index (Phi) is 3.31. The number of rotatable bonds is 1. The van der Waals surface area contributed by atoms with E-state index in [9.17, 15) is 18.4 Å². The van der Waals surface area contributed by atoms with Crippen molar-refractivity contribution in [2.24, 2.45) is 0 Å². The quantitative estimate of drug-likeness (QED) is 0.770. The highest BCUT2D eigenvalue weighted by molar-refractivity contribution is 5.82. The zero-order valence-corrected chi connectivity index (χ0v) is 9.87. The predicted molar refractivity (Wildman–Crippen MR) is 53.9 cm³/mol. The van der Waals surface area contributed by atoms with Crippen LogP contribution < -0.4 is 0 Å². The number of carboxylic acids is 1. The van der Waals surface area contributed by atoms with Crippen LogP contribution in [0.25, 0.3) is 0 Å². The van der Waals surface area contributed by atoms with Crippen molar-refractivity contribution in [2.75, 3.05) is 6.54 Å². The van der Waals surface area contributed by atoms with Crippen molar-refractivity contribution < 1.29 is 28.2 Å². The van der Waals surface area contributed by atoms with E-state index in [2.05, 4.69) is 0 Å². The Morgan fingerprint density at radius 3 is 2.35 bits per heavy atom. The third kappa shape index (κ3) is 3.04. The summed E-state index contributed by atoms with van der Waals surface area (Å²) in [5.74, 6) is -5.14. The van der Waals surface area contributed by atoms with Crippen LogP contribution in [0.4, 0.5) is 13.6 Å². The second kappa shape index (κ2) is 4.12. The summed E-state index contributed by atoms with van der Waals surface area (Å²) in [7, 11) is 0. The first-order valence-corrected chi connectivity index (χ1v) is 5.15. The van der Waals surface area contributed by atoms with Gasteiger partial charge in [0, 0.05) is 13.0 Å². The van der Waals surface area contributed by atoms with Gasteiger partial charge < -0.3 is 9.84 Å². The fraction of sp³-hybridized carbons (Fsp3) is 0.800. The Labute approximate surface area is 97.3 Å². The summed E-state index contributed by atoms with van der Waals surface area (Å²) >= 11 is 0. The minimum Gasteiger partial charge on any atom is -0.480 e. The fourth-order valence-corrected chi connectivity index (χ4v) is 1.59. The second-order valence-corrected chi connectivity index (χ2v) is 4.93. The van der Waals surface area contributed by atoms with Gasteiger partial charge in [-0.1, -0.05) is 0 Å². The number of aliphatic carboxylic acids is 1. The molecule has 0 saturated carbocycles. The van der Waals surface area contributed by atoms with E-state index >= 15 is 0 Å². The maximum atomic E-state index is 13.3. The molecule has 1 heterocycles. The van der Waals surface area contributed by atoms with E-state index in [0.29, 0.717) is 4.90 Å². The number of carbonyl (C=O) groups is 2. The van der Waals surface area contributed by atoms with Crippen molar-refractivity contribution in [3.8, 4) is 0 Å². The lowest BCUT2D eigenvalue weighted by atomic mass is 10.1. The number of ether oxygens (including phenoxy) is 1. The first kappa shape index (κ1) is 13.7. The zero-order valence-electron chi connectivity index (χ0n) is 9.87. The molecular formula is C10H15F2NO4. The van der Waals surface area contributed by atoms with E-state index in [-0.39, 0.29) is 6.54 Å². The van der Waals surface area contributed by atoms with E-state index in [4.69, 9.17) is 9.84 Å². The highest BCUT2D eigenvalue weighted by Gasteiger charge is 2.55. The third-order valence-electron chi connectivity index (χ3n) is 2.26. The van der Waals surface area contributed by atoms with Crippen LogP contribution in [-0.4, -0.2) is 46.2 Å². The topological polar surface area (TPSA) is 66.8 Å². The number of alkyl halides is 2. The summed E-state index contributed by atoms with van der Waals surface area (Å²) in [6.07, 6.45) is -1.69. The number of nitrogens with zero attached hydrogens (tertiary/aromatic N) is 1. The Bertz CT molecular complexity index is 338. The normalized spacial score (nSPS) is 23.6. The minimum atomic E-state index is -3.41. The molecule has 1 fully saturated rings. The van der Waals surface area contributed by atoms with Crippen LogP contribution in [0, 0.1) is 0 Å². The number of hydrogen-bond donors (Lipinski definition) is 1. The van der Waals surface area contributed by atoms with E-state index in [1.54, 1.807) is 20.8 Å². The van der Waals surface area contributed by atoms with Gasteiger partial charge in [-0.15, -0.1) is 0 Å². The maximum absolute atomic E-state index is 13.3. The van der Waals surface area contributed by atoms with Crippen LogP contribution >= 0.6 is 0 Å². The van der Waals surface area contributed by atoms with Gasteiger partial charge in [-0.25, -0.2) is 18.4 Å². The lowest BCUT2D eigenvalue weighted by Crippen LogP contribution is -2.49. The van der Waals surface area contributed by atoms with Crippen molar-refractivity contribution >= 4 is 12.1 Å². The molecule has 1 atom stereocenters. The monoisotopic (exact) mass is 251 g/mol. The van der Waals surface area contributed by atoms with E-state index < -0.39 is 36.0 Å². The molecule has 17 heavy (non-hydrogen) atoms. The van der Waals surface area contributed by atoms with Gasteiger partial charge in [0.05, 0.1) is 0 Å². The largest absolute Gasteiger partial charge is 0.480 e. The summed E-state index contributed by atoms with van der Waals surface area (Å²) in [6, 6.07) is -2.14. The van der Waals surface area contributed by atoms with Gasteiger partial charge in [-0.05, 0) is 20.8 Å². The van der Waals surface area contributed by atoms with Crippen LogP contribution in [-0.2, 0) is 9.53 Å². The Balaban J connectivity index is 2.85. The van der Waals surface area contributed by atoms with Gasteiger partial charge in [0.1, 0.15) is 5.60 Å². The fourth-order valence-electron chi connectivity index (χ4n) is 1.59. The van der Waals surface area contributed by atoms with Gasteiger partial charge in [-0.3, -0.25) is 4.90 Å². The molecule has 0 unspecified atom stereocenters. The summed E-state index contributed by atoms with van der Waals surface area (Å²) in [5.41, 5.74) is -0.849. The zero-order chi connectivity index (χ0) is 13.4. The molecule has 0 aromatic carbocycles. The van der Waals surface area contributed by atoms with Gasteiger partial charge in [0.2, 0.25) is 0 Å². The first-order chi connectivity index (χ1) is 7.54. The van der Waals surface area contributed by atoms with Crippen molar-refractivity contribution in [3.63, 3.8) is 0 Å². The van der Waals surface area contributed by atoms with Crippen LogP contribution in [0.1, 0.15) is 27.2 Å². The summed E-state index contributed by atoms with van der Waals surface area (Å²) < 4.78 is 31.4. The molecule has 0 aromatic rings. The average Bonchev–Trinajstić information content (AvgIpc) is 2.37. The van der Waals surface area contributed by atoms with E-state index in [1.165, 1.54) is 0 Å². The Morgan fingerprint density at radius 2 is 1.94 bits per heavy atom. The number of amides is 1. The molecule has 5 nitrogen and oxygen atoms in total. The molecule has 0 aliphatic carbocycles. The minimum absolute atomic E-state index is 0.321. The maximum Gasteiger partial charge on any atom is 0.411 e. The lowest BCUT2D eigenvalue weighted by Gasteiger charge is -2.27. The number of halogens is 2. The highest BCUT2D eigenvalue weighted by Crippen LogP contribution is 2.34. The smallest absolute Gasteiger partial charge is 0.411 e. The van der Waals surface area contributed by atoms with Crippen molar-refractivity contribution in [3.05, 3.63) is 0 Å². The van der Waals surface area contributed by atoms with Crippen LogP contribution in [0.2, 0.25) is 0 Å². The molecule has 0 radical (unpaired) electrons. The molecule has 1 aliphatic rings. The SMILES string of the molecule is CC(C)(C)OC(=O)N1CCC(F)(F)[C@H]1C(=O)O. The van der Waals surface area contributed by atoms with Crippen molar-refractivity contribution in [1.82, 2.24) is 4.90 Å². The molecule has 0 spiro atoms. The molecule has 0 aromatic heterocycles. The number of hydrogen-bond acceptors (Lipinski definition) is 3. The Morgan fingerprint density at radius 1 is 1.41 bits per heavy atom. The van der Waals surface area contributed by atoms with Crippen LogP contribution in [0.15, 0.2) is 0 Å². The molecule has 1 rings (SSSR count). The number of carbonyl (C=O) groups excluding carboxylic acids is 1. The van der Waals surface area contributed by atoms with Crippen LogP contribution in [0.5, 0.6) is 0 Å². The van der Waals surface area contributed by atoms with Crippen molar-refractivity contribution in [1.29, 1.82) is 0 Å². The third-order valence-corrected chi connectivity index (χ3v) is 2.26. The van der Waals surface area contributed by atoms with Gasteiger partial charge in [0.25, 0.3) is 5.92 Å². The molecule has 98 valence electrons. The average molecular weight is 251 g/mol. The summed E-state index contributed by atoms with van der Waals surface area (Å²) in [5, 5.41) is 8.74. The van der Waals surface area contributed by atoms with Crippen molar-refractivity contribution in [2.45, 2.75) is 44.8 Å². The molecule has 7 heteroatoms. The molecule has 1 amide bonds. The highest BCUT2D eigenvalue weighted by atomic mass is 19.3. The lowest BCUT2D eigenvalue weighted by molar-refractivity contribution is -0.152. The van der Waals surface area contributed by atoms with Gasteiger partial charge >= 0.3 is 12.1 Å². The standard InChI is InChI=1S/C10H15F2NO4/c1-9(2,3)17-8(16)13-5-4-10(11,12)6(13)7(14)15/h6H,4-5H2,1-3H3,(H,14,15)/t6-/m1/s1. The van der Waals surface area contributed by atoms with E-state index in [1.807, 2.05) is 0 Å². The second-order valence-electron chi connectivity index (χ2n) is 4.93. The summed E-state index contributed by atoms with van der Waals surface area (Å²) in [4.78, 5) is 22.9. The predicted octanol–water partition coefficient (Wildman–Crippen LogP) is 1.72.